The number of piperazine rings is 1. The van der Waals surface area contributed by atoms with Crippen LogP contribution in [0, 0.1) is 0 Å². The number of nitrogens with zero attached hydrogens (tertiary/aromatic N) is 3. The van der Waals surface area contributed by atoms with E-state index in [0.717, 1.165) is 28.1 Å². The molecule has 1 aliphatic heterocycles. The monoisotopic (exact) mass is 461 g/mol. The SMILES string of the molecule is COc1ccc(-c2csc(CN3CCN(C(=O)c4ccccc4C(F)(F)F)CC3)n2)cc1. The molecule has 32 heavy (non-hydrogen) atoms. The molecule has 3 aromatic rings. The van der Waals surface area contributed by atoms with E-state index in [1.54, 1.807) is 18.4 Å². The minimum absolute atomic E-state index is 0.294. The van der Waals surface area contributed by atoms with Crippen LogP contribution in [0.15, 0.2) is 53.9 Å². The molecule has 4 rings (SSSR count). The molecular weight excluding hydrogens is 439 g/mol. The summed E-state index contributed by atoms with van der Waals surface area (Å²) in [6.45, 7) is 2.56. The van der Waals surface area contributed by atoms with Crippen molar-refractivity contribution in [1.29, 1.82) is 0 Å². The van der Waals surface area contributed by atoms with Crippen molar-refractivity contribution >= 4 is 17.2 Å². The zero-order chi connectivity index (χ0) is 22.7. The second kappa shape index (κ2) is 9.30. The zero-order valence-electron chi connectivity index (χ0n) is 17.4. The Morgan fingerprint density at radius 1 is 1.06 bits per heavy atom. The van der Waals surface area contributed by atoms with Crippen LogP contribution in [0.1, 0.15) is 20.9 Å². The number of methoxy groups -OCH3 is 1. The van der Waals surface area contributed by atoms with Gasteiger partial charge in [0, 0.05) is 37.1 Å². The number of benzene rings is 2. The van der Waals surface area contributed by atoms with Gasteiger partial charge in [0.25, 0.3) is 5.91 Å². The van der Waals surface area contributed by atoms with Crippen LogP contribution in [0.4, 0.5) is 13.2 Å². The van der Waals surface area contributed by atoms with Crippen molar-refractivity contribution in [2.75, 3.05) is 33.3 Å². The summed E-state index contributed by atoms with van der Waals surface area (Å²) in [5.41, 5.74) is 0.719. The smallest absolute Gasteiger partial charge is 0.417 e. The molecule has 1 fully saturated rings. The molecule has 1 amide bonds. The summed E-state index contributed by atoms with van der Waals surface area (Å²) in [7, 11) is 1.62. The van der Waals surface area contributed by atoms with Crippen molar-refractivity contribution in [2.45, 2.75) is 12.7 Å². The maximum atomic E-state index is 13.3. The van der Waals surface area contributed by atoms with Gasteiger partial charge in [0.2, 0.25) is 0 Å². The predicted molar refractivity (Wildman–Crippen MR) is 117 cm³/mol. The van der Waals surface area contributed by atoms with Crippen LogP contribution in [0.2, 0.25) is 0 Å². The molecular formula is C23H22F3N3O2S. The van der Waals surface area contributed by atoms with Crippen molar-refractivity contribution < 1.29 is 22.7 Å². The van der Waals surface area contributed by atoms with Gasteiger partial charge in [0.1, 0.15) is 10.8 Å². The minimum atomic E-state index is -4.56. The van der Waals surface area contributed by atoms with Crippen molar-refractivity contribution in [3.63, 3.8) is 0 Å². The summed E-state index contributed by atoms with van der Waals surface area (Å²) >= 11 is 1.57. The Morgan fingerprint density at radius 3 is 2.41 bits per heavy atom. The lowest BCUT2D eigenvalue weighted by atomic mass is 10.1. The number of thiazole rings is 1. The van der Waals surface area contributed by atoms with Crippen LogP contribution < -0.4 is 4.74 Å². The van der Waals surface area contributed by atoms with Crippen molar-refractivity contribution in [2.24, 2.45) is 0 Å². The van der Waals surface area contributed by atoms with Gasteiger partial charge in [0.05, 0.1) is 30.5 Å². The molecule has 1 aromatic heterocycles. The molecule has 2 heterocycles. The maximum Gasteiger partial charge on any atom is 0.417 e. The highest BCUT2D eigenvalue weighted by Crippen LogP contribution is 2.32. The van der Waals surface area contributed by atoms with Gasteiger partial charge in [-0.25, -0.2) is 4.98 Å². The van der Waals surface area contributed by atoms with Gasteiger partial charge < -0.3 is 9.64 Å². The third-order valence-corrected chi connectivity index (χ3v) is 6.25. The third kappa shape index (κ3) is 4.94. The zero-order valence-corrected chi connectivity index (χ0v) is 18.2. The molecule has 9 heteroatoms. The van der Waals surface area contributed by atoms with Crippen LogP contribution in [-0.4, -0.2) is 54.0 Å². The van der Waals surface area contributed by atoms with Crippen molar-refractivity contribution in [1.82, 2.24) is 14.8 Å². The molecule has 0 atom stereocenters. The number of alkyl halides is 3. The molecule has 0 bridgehead atoms. The first-order chi connectivity index (χ1) is 15.3. The van der Waals surface area contributed by atoms with E-state index in [1.165, 1.54) is 23.1 Å². The van der Waals surface area contributed by atoms with Gasteiger partial charge in [0.15, 0.2) is 0 Å². The van der Waals surface area contributed by atoms with Gasteiger partial charge in [-0.3, -0.25) is 9.69 Å². The second-order valence-corrected chi connectivity index (χ2v) is 8.41. The topological polar surface area (TPSA) is 45.7 Å². The fourth-order valence-corrected chi connectivity index (χ4v) is 4.51. The highest BCUT2D eigenvalue weighted by atomic mass is 32.1. The molecule has 0 saturated carbocycles. The Labute approximate surface area is 188 Å². The number of aromatic nitrogens is 1. The van der Waals surface area contributed by atoms with E-state index in [4.69, 9.17) is 9.72 Å². The molecule has 0 radical (unpaired) electrons. The van der Waals surface area contributed by atoms with E-state index in [0.29, 0.717) is 32.7 Å². The van der Waals surface area contributed by atoms with Gasteiger partial charge in [-0.05, 0) is 36.4 Å². The van der Waals surface area contributed by atoms with Crippen LogP contribution in [-0.2, 0) is 12.7 Å². The van der Waals surface area contributed by atoms with Crippen molar-refractivity contribution in [3.8, 4) is 17.0 Å². The standard InChI is InChI=1S/C23H22F3N3O2S/c1-31-17-8-6-16(7-9-17)20-15-32-21(27-20)14-28-10-12-29(13-11-28)22(30)18-4-2-3-5-19(18)23(24,25)26/h2-9,15H,10-14H2,1H3. The first-order valence-corrected chi connectivity index (χ1v) is 11.0. The van der Waals surface area contributed by atoms with E-state index in [2.05, 4.69) is 4.90 Å². The van der Waals surface area contributed by atoms with E-state index < -0.39 is 17.6 Å². The Kier molecular flexibility index (Phi) is 6.48. The number of halogens is 3. The molecule has 1 saturated heterocycles. The average Bonchev–Trinajstić information content (AvgIpc) is 3.27. The summed E-state index contributed by atoms with van der Waals surface area (Å²) in [6, 6.07) is 12.7. The molecule has 2 aromatic carbocycles. The van der Waals surface area contributed by atoms with E-state index >= 15 is 0 Å². The van der Waals surface area contributed by atoms with Gasteiger partial charge in [-0.15, -0.1) is 11.3 Å². The fourth-order valence-electron chi connectivity index (χ4n) is 3.67. The quantitative estimate of drug-likeness (QED) is 0.548. The largest absolute Gasteiger partial charge is 0.497 e. The molecule has 0 spiro atoms. The second-order valence-electron chi connectivity index (χ2n) is 7.47. The van der Waals surface area contributed by atoms with Crippen LogP contribution in [0.25, 0.3) is 11.3 Å². The van der Waals surface area contributed by atoms with E-state index in [-0.39, 0.29) is 5.56 Å². The predicted octanol–water partition coefficient (Wildman–Crippen LogP) is 4.80. The van der Waals surface area contributed by atoms with E-state index in [1.807, 2.05) is 29.6 Å². The first-order valence-electron chi connectivity index (χ1n) is 10.1. The summed E-state index contributed by atoms with van der Waals surface area (Å²) < 4.78 is 44.9. The molecule has 168 valence electrons. The Hall–Kier alpha value is -2.91. The molecule has 1 aliphatic rings. The number of hydrogen-bond donors (Lipinski definition) is 0. The Balaban J connectivity index is 1.36. The minimum Gasteiger partial charge on any atom is -0.497 e. The number of amides is 1. The first kappa shape index (κ1) is 22.3. The highest BCUT2D eigenvalue weighted by molar-refractivity contribution is 7.09. The molecule has 5 nitrogen and oxygen atoms in total. The van der Waals surface area contributed by atoms with Gasteiger partial charge in [-0.1, -0.05) is 12.1 Å². The third-order valence-electron chi connectivity index (χ3n) is 5.42. The summed E-state index contributed by atoms with van der Waals surface area (Å²) in [6.07, 6.45) is -4.56. The Morgan fingerprint density at radius 2 is 1.75 bits per heavy atom. The normalized spacial score (nSPS) is 15.1. The number of ether oxygens (including phenoxy) is 1. The Bertz CT molecular complexity index is 1070. The lowest BCUT2D eigenvalue weighted by Crippen LogP contribution is -2.48. The highest BCUT2D eigenvalue weighted by Gasteiger charge is 2.36. The number of carbonyl (C=O) groups excluding carboxylic acids is 1. The number of carbonyl (C=O) groups is 1. The number of rotatable bonds is 5. The lowest BCUT2D eigenvalue weighted by Gasteiger charge is -2.34. The van der Waals surface area contributed by atoms with Gasteiger partial charge in [-0.2, -0.15) is 13.2 Å². The van der Waals surface area contributed by atoms with Crippen LogP contribution >= 0.6 is 11.3 Å². The fraction of sp³-hybridized carbons (Fsp3) is 0.304. The molecule has 0 unspecified atom stereocenters. The van der Waals surface area contributed by atoms with Crippen LogP contribution in [0.5, 0.6) is 5.75 Å². The summed E-state index contributed by atoms with van der Waals surface area (Å²) in [5.74, 6) is 0.211. The lowest BCUT2D eigenvalue weighted by molar-refractivity contribution is -0.138. The average molecular weight is 462 g/mol. The molecule has 0 N–H and O–H groups in total. The van der Waals surface area contributed by atoms with Crippen LogP contribution in [0.3, 0.4) is 0 Å². The van der Waals surface area contributed by atoms with Gasteiger partial charge >= 0.3 is 6.18 Å². The summed E-state index contributed by atoms with van der Waals surface area (Å²) in [4.78, 5) is 21.1. The van der Waals surface area contributed by atoms with E-state index in [9.17, 15) is 18.0 Å². The van der Waals surface area contributed by atoms with Crippen molar-refractivity contribution in [3.05, 3.63) is 70.0 Å². The summed E-state index contributed by atoms with van der Waals surface area (Å²) in [5, 5.41) is 2.96. The maximum absolute atomic E-state index is 13.3. The molecule has 0 aliphatic carbocycles. The number of hydrogen-bond acceptors (Lipinski definition) is 5.